The Kier molecular flexibility index (Phi) is 4.25. The van der Waals surface area contributed by atoms with Crippen LogP contribution in [0, 0.1) is 6.92 Å². The minimum absolute atomic E-state index is 0.406. The number of hydrogen-bond donors (Lipinski definition) is 0. The molecule has 1 heterocycles. The third-order valence-electron chi connectivity index (χ3n) is 3.53. The number of likely N-dealkylation sites (tertiary alicyclic amines) is 1. The van der Waals surface area contributed by atoms with Crippen molar-refractivity contribution in [2.45, 2.75) is 32.2 Å². The maximum atomic E-state index is 6.17. The second-order valence-electron chi connectivity index (χ2n) is 4.62. The van der Waals surface area contributed by atoms with Crippen molar-refractivity contribution in [3.8, 4) is 0 Å². The third-order valence-corrected chi connectivity index (χ3v) is 3.82. The summed E-state index contributed by atoms with van der Waals surface area (Å²) < 4.78 is 0. The minimum atomic E-state index is 0.406. The standard InChI is InChI=1S/C14H20ClN/c1-12-7-3-4-8-13(12)14(11-15)16-9-5-2-6-10-16/h3-4,7-8,14H,2,5-6,9-11H2,1H3. The number of hydrogen-bond acceptors (Lipinski definition) is 1. The molecule has 0 bridgehead atoms. The average Bonchev–Trinajstić information content (AvgIpc) is 2.34. The Morgan fingerprint density at radius 2 is 1.88 bits per heavy atom. The lowest BCUT2D eigenvalue weighted by atomic mass is 9.99. The second kappa shape index (κ2) is 5.70. The number of benzene rings is 1. The summed E-state index contributed by atoms with van der Waals surface area (Å²) in [5.41, 5.74) is 2.76. The fourth-order valence-electron chi connectivity index (χ4n) is 2.57. The van der Waals surface area contributed by atoms with Gasteiger partial charge >= 0.3 is 0 Å². The number of aryl methyl sites for hydroxylation is 1. The van der Waals surface area contributed by atoms with Gasteiger partial charge in [0, 0.05) is 11.9 Å². The molecule has 1 atom stereocenters. The van der Waals surface area contributed by atoms with Gasteiger partial charge in [0.1, 0.15) is 0 Å². The molecule has 1 aromatic carbocycles. The van der Waals surface area contributed by atoms with Crippen LogP contribution in [-0.2, 0) is 0 Å². The molecule has 0 spiro atoms. The van der Waals surface area contributed by atoms with Crippen LogP contribution in [0.25, 0.3) is 0 Å². The fraction of sp³-hybridized carbons (Fsp3) is 0.571. The molecule has 2 heteroatoms. The molecule has 0 saturated carbocycles. The fourth-order valence-corrected chi connectivity index (χ4v) is 2.93. The minimum Gasteiger partial charge on any atom is -0.295 e. The van der Waals surface area contributed by atoms with E-state index in [2.05, 4.69) is 36.1 Å². The van der Waals surface area contributed by atoms with Gasteiger partial charge in [-0.25, -0.2) is 0 Å². The van der Waals surface area contributed by atoms with E-state index < -0.39 is 0 Å². The zero-order chi connectivity index (χ0) is 11.4. The van der Waals surface area contributed by atoms with Gasteiger partial charge < -0.3 is 0 Å². The molecule has 2 rings (SSSR count). The molecule has 1 unspecified atom stereocenters. The van der Waals surface area contributed by atoms with Crippen LogP contribution >= 0.6 is 11.6 Å². The predicted octanol–water partition coefficient (Wildman–Crippen LogP) is 3.76. The third kappa shape index (κ3) is 2.58. The van der Waals surface area contributed by atoms with E-state index in [1.165, 1.54) is 43.5 Å². The average molecular weight is 238 g/mol. The molecular weight excluding hydrogens is 218 g/mol. The van der Waals surface area contributed by atoms with Gasteiger partial charge in [-0.15, -0.1) is 11.6 Å². The highest BCUT2D eigenvalue weighted by Gasteiger charge is 2.22. The molecule has 0 N–H and O–H groups in total. The summed E-state index contributed by atoms with van der Waals surface area (Å²) >= 11 is 6.17. The number of piperidine rings is 1. The summed E-state index contributed by atoms with van der Waals surface area (Å²) in [6.45, 7) is 4.58. The highest BCUT2D eigenvalue weighted by molar-refractivity contribution is 6.18. The van der Waals surface area contributed by atoms with E-state index in [9.17, 15) is 0 Å². The summed E-state index contributed by atoms with van der Waals surface area (Å²) in [6.07, 6.45) is 4.01. The van der Waals surface area contributed by atoms with E-state index >= 15 is 0 Å². The number of halogens is 1. The van der Waals surface area contributed by atoms with Crippen LogP contribution in [0.4, 0.5) is 0 Å². The van der Waals surface area contributed by atoms with Gasteiger partial charge in [-0.05, 0) is 44.0 Å². The Morgan fingerprint density at radius 1 is 1.19 bits per heavy atom. The van der Waals surface area contributed by atoms with E-state index in [0.29, 0.717) is 11.9 Å². The summed E-state index contributed by atoms with van der Waals surface area (Å²) in [7, 11) is 0. The SMILES string of the molecule is Cc1ccccc1C(CCl)N1CCCCC1. The molecule has 0 aliphatic carbocycles. The molecule has 16 heavy (non-hydrogen) atoms. The summed E-state index contributed by atoms with van der Waals surface area (Å²) in [5.74, 6) is 0.699. The molecule has 1 nitrogen and oxygen atoms in total. The van der Waals surface area contributed by atoms with E-state index in [1.807, 2.05) is 0 Å². The first-order chi connectivity index (χ1) is 7.83. The Bertz CT molecular complexity index is 331. The molecule has 0 aromatic heterocycles. The second-order valence-corrected chi connectivity index (χ2v) is 4.93. The topological polar surface area (TPSA) is 3.24 Å². The van der Waals surface area contributed by atoms with Gasteiger partial charge in [-0.2, -0.15) is 0 Å². The molecule has 0 radical (unpaired) electrons. The van der Waals surface area contributed by atoms with Crippen molar-refractivity contribution < 1.29 is 0 Å². The van der Waals surface area contributed by atoms with Gasteiger partial charge in [-0.3, -0.25) is 4.90 Å². The number of nitrogens with zero attached hydrogens (tertiary/aromatic N) is 1. The van der Waals surface area contributed by atoms with Crippen molar-refractivity contribution in [2.24, 2.45) is 0 Å². The number of rotatable bonds is 3. The van der Waals surface area contributed by atoms with Gasteiger partial charge in [0.15, 0.2) is 0 Å². The molecule has 1 aliphatic heterocycles. The molecule has 0 amide bonds. The highest BCUT2D eigenvalue weighted by Crippen LogP contribution is 2.27. The van der Waals surface area contributed by atoms with Gasteiger partial charge in [0.25, 0.3) is 0 Å². The Balaban J connectivity index is 2.18. The maximum absolute atomic E-state index is 6.17. The van der Waals surface area contributed by atoms with Crippen molar-refractivity contribution in [3.63, 3.8) is 0 Å². The lowest BCUT2D eigenvalue weighted by molar-refractivity contribution is 0.176. The Labute approximate surface area is 103 Å². The number of alkyl halides is 1. The molecule has 1 aliphatic rings. The Morgan fingerprint density at radius 3 is 2.50 bits per heavy atom. The van der Waals surface area contributed by atoms with Crippen LogP contribution in [0.1, 0.15) is 36.4 Å². The smallest absolute Gasteiger partial charge is 0.0486 e. The quantitative estimate of drug-likeness (QED) is 0.724. The molecule has 1 fully saturated rings. The van der Waals surface area contributed by atoms with E-state index in [4.69, 9.17) is 11.6 Å². The van der Waals surface area contributed by atoms with Crippen LogP contribution in [0.15, 0.2) is 24.3 Å². The van der Waals surface area contributed by atoms with E-state index in [0.717, 1.165) is 0 Å². The van der Waals surface area contributed by atoms with Crippen molar-refractivity contribution >= 4 is 11.6 Å². The van der Waals surface area contributed by atoms with Crippen LogP contribution < -0.4 is 0 Å². The van der Waals surface area contributed by atoms with Gasteiger partial charge in [-0.1, -0.05) is 30.7 Å². The molecule has 1 aromatic rings. The van der Waals surface area contributed by atoms with Crippen LogP contribution in [0.5, 0.6) is 0 Å². The van der Waals surface area contributed by atoms with E-state index in [-0.39, 0.29) is 0 Å². The summed E-state index contributed by atoms with van der Waals surface area (Å²) in [6, 6.07) is 9.02. The maximum Gasteiger partial charge on any atom is 0.0486 e. The zero-order valence-electron chi connectivity index (χ0n) is 9.95. The van der Waals surface area contributed by atoms with Crippen LogP contribution in [0.3, 0.4) is 0 Å². The van der Waals surface area contributed by atoms with Crippen molar-refractivity contribution in [3.05, 3.63) is 35.4 Å². The molecule has 1 saturated heterocycles. The summed E-state index contributed by atoms with van der Waals surface area (Å²) in [4.78, 5) is 2.54. The van der Waals surface area contributed by atoms with Gasteiger partial charge in [0.05, 0.1) is 0 Å². The van der Waals surface area contributed by atoms with Gasteiger partial charge in [0.2, 0.25) is 0 Å². The lowest BCUT2D eigenvalue weighted by Crippen LogP contribution is -2.35. The van der Waals surface area contributed by atoms with Crippen molar-refractivity contribution in [1.29, 1.82) is 0 Å². The van der Waals surface area contributed by atoms with Crippen LogP contribution in [-0.4, -0.2) is 23.9 Å². The monoisotopic (exact) mass is 237 g/mol. The first kappa shape index (κ1) is 11.9. The largest absolute Gasteiger partial charge is 0.295 e. The van der Waals surface area contributed by atoms with Crippen molar-refractivity contribution in [1.82, 2.24) is 4.90 Å². The predicted molar refractivity (Wildman–Crippen MR) is 70.1 cm³/mol. The highest BCUT2D eigenvalue weighted by atomic mass is 35.5. The first-order valence-electron chi connectivity index (χ1n) is 6.18. The van der Waals surface area contributed by atoms with E-state index in [1.54, 1.807) is 0 Å². The summed E-state index contributed by atoms with van der Waals surface area (Å²) in [5, 5.41) is 0. The van der Waals surface area contributed by atoms with Crippen molar-refractivity contribution in [2.75, 3.05) is 19.0 Å². The molecule has 88 valence electrons. The first-order valence-corrected chi connectivity index (χ1v) is 6.72. The Hall–Kier alpha value is -0.530. The van der Waals surface area contributed by atoms with Crippen LogP contribution in [0.2, 0.25) is 0 Å². The lowest BCUT2D eigenvalue weighted by Gasteiger charge is -2.34. The zero-order valence-corrected chi connectivity index (χ0v) is 10.7. The normalized spacial score (nSPS) is 19.6. The molecular formula is C14H20ClN.